The van der Waals surface area contributed by atoms with E-state index in [-0.39, 0.29) is 16.9 Å². The Morgan fingerprint density at radius 3 is 2.53 bits per heavy atom. The van der Waals surface area contributed by atoms with Crippen molar-refractivity contribution in [2.75, 3.05) is 20.3 Å². The van der Waals surface area contributed by atoms with Crippen LogP contribution in [0.2, 0.25) is 0 Å². The monoisotopic (exact) mass is 511 g/mol. The SMILES string of the molecule is COCCOc1ccc(-c2cnc(C3CCC(OC(N)=O)CC3)s2)c(S(=O)(=O)NC(C)(C)C)c1. The highest BCUT2D eigenvalue weighted by atomic mass is 32.2. The molecular weight excluding hydrogens is 478 g/mol. The molecule has 3 rings (SSSR count). The molecule has 1 amide bonds. The Bertz CT molecular complexity index is 1090. The van der Waals surface area contributed by atoms with Crippen molar-refractivity contribution in [1.29, 1.82) is 0 Å². The van der Waals surface area contributed by atoms with Gasteiger partial charge in [-0.25, -0.2) is 22.9 Å². The molecule has 1 saturated carbocycles. The van der Waals surface area contributed by atoms with Gasteiger partial charge in [-0.05, 0) is 58.6 Å². The Kier molecular flexibility index (Phi) is 8.56. The van der Waals surface area contributed by atoms with E-state index in [1.807, 2.05) is 0 Å². The molecular formula is C23H33N3O6S2. The van der Waals surface area contributed by atoms with Gasteiger partial charge in [0.15, 0.2) is 0 Å². The number of benzene rings is 1. The molecule has 0 bridgehead atoms. The Morgan fingerprint density at radius 2 is 1.91 bits per heavy atom. The number of nitrogens with two attached hydrogens (primary N) is 1. The molecule has 1 aliphatic carbocycles. The minimum atomic E-state index is -3.83. The van der Waals surface area contributed by atoms with Crippen molar-refractivity contribution in [3.8, 4) is 16.2 Å². The number of ether oxygens (including phenoxy) is 3. The number of aromatic nitrogens is 1. The molecule has 0 radical (unpaired) electrons. The average Bonchev–Trinajstić information content (AvgIpc) is 3.22. The van der Waals surface area contributed by atoms with Gasteiger partial charge in [0.1, 0.15) is 18.5 Å². The second-order valence-corrected chi connectivity index (χ2v) is 12.0. The standard InChI is InChI=1S/C23H33N3O6S2/c1-23(2,3)26-34(28,29)20-13-17(31-12-11-30-4)9-10-18(20)19-14-25-21(33-19)15-5-7-16(8-6-15)32-22(24)27/h9-10,13-16,26H,5-8,11-12H2,1-4H3,(H2,24,27). The first kappa shape index (κ1) is 26.4. The summed E-state index contributed by atoms with van der Waals surface area (Å²) in [6.07, 6.45) is 3.94. The first-order valence-electron chi connectivity index (χ1n) is 11.2. The van der Waals surface area contributed by atoms with E-state index in [0.29, 0.717) is 24.5 Å². The maximum Gasteiger partial charge on any atom is 0.404 e. The van der Waals surface area contributed by atoms with E-state index in [4.69, 9.17) is 19.9 Å². The lowest BCUT2D eigenvalue weighted by Gasteiger charge is -2.26. The molecule has 34 heavy (non-hydrogen) atoms. The number of thiazole rings is 1. The van der Waals surface area contributed by atoms with E-state index in [2.05, 4.69) is 9.71 Å². The molecule has 1 aromatic carbocycles. The summed E-state index contributed by atoms with van der Waals surface area (Å²) >= 11 is 1.49. The van der Waals surface area contributed by atoms with E-state index in [0.717, 1.165) is 35.6 Å². The Hall–Kier alpha value is -2.21. The van der Waals surface area contributed by atoms with Crippen molar-refractivity contribution < 1.29 is 27.4 Å². The zero-order valence-corrected chi connectivity index (χ0v) is 21.6. The summed E-state index contributed by atoms with van der Waals surface area (Å²) in [6.45, 7) is 6.11. The molecule has 1 aromatic heterocycles. The van der Waals surface area contributed by atoms with Crippen LogP contribution in [-0.4, -0.2) is 51.5 Å². The largest absolute Gasteiger partial charge is 0.491 e. The van der Waals surface area contributed by atoms with Gasteiger partial charge in [-0.3, -0.25) is 0 Å². The van der Waals surface area contributed by atoms with Crippen LogP contribution in [0.3, 0.4) is 0 Å². The molecule has 1 aliphatic rings. The third kappa shape index (κ3) is 7.14. The third-order valence-electron chi connectivity index (χ3n) is 5.33. The molecule has 11 heteroatoms. The lowest BCUT2D eigenvalue weighted by molar-refractivity contribution is 0.0787. The zero-order chi connectivity index (χ0) is 24.9. The van der Waals surface area contributed by atoms with Crippen LogP contribution in [0, 0.1) is 0 Å². The number of hydrogen-bond acceptors (Lipinski definition) is 8. The van der Waals surface area contributed by atoms with Crippen LogP contribution in [0.4, 0.5) is 4.79 Å². The summed E-state index contributed by atoms with van der Waals surface area (Å²) in [5.74, 6) is 0.684. The fourth-order valence-corrected chi connectivity index (χ4v) is 6.76. The van der Waals surface area contributed by atoms with Crippen molar-refractivity contribution in [1.82, 2.24) is 9.71 Å². The van der Waals surface area contributed by atoms with E-state index in [9.17, 15) is 13.2 Å². The number of methoxy groups -OCH3 is 1. The van der Waals surface area contributed by atoms with Gasteiger partial charge in [0.25, 0.3) is 0 Å². The maximum atomic E-state index is 13.3. The number of primary amides is 1. The van der Waals surface area contributed by atoms with Gasteiger partial charge in [-0.2, -0.15) is 0 Å². The molecule has 0 atom stereocenters. The number of amides is 1. The number of nitrogens with one attached hydrogen (secondary N) is 1. The summed E-state index contributed by atoms with van der Waals surface area (Å²) < 4.78 is 45.1. The summed E-state index contributed by atoms with van der Waals surface area (Å²) in [4.78, 5) is 16.5. The zero-order valence-electron chi connectivity index (χ0n) is 20.0. The lowest BCUT2D eigenvalue weighted by Crippen LogP contribution is -2.40. The number of sulfonamides is 1. The van der Waals surface area contributed by atoms with Crippen LogP contribution >= 0.6 is 11.3 Å². The molecule has 0 saturated heterocycles. The van der Waals surface area contributed by atoms with Gasteiger partial charge < -0.3 is 19.9 Å². The minimum Gasteiger partial charge on any atom is -0.491 e. The summed E-state index contributed by atoms with van der Waals surface area (Å²) in [6, 6.07) is 5.06. The van der Waals surface area contributed by atoms with Crippen LogP contribution in [0.15, 0.2) is 29.3 Å². The second kappa shape index (κ2) is 11.0. The molecule has 2 aromatic rings. The smallest absolute Gasteiger partial charge is 0.404 e. The predicted octanol–water partition coefficient (Wildman–Crippen LogP) is 4.03. The van der Waals surface area contributed by atoms with Crippen LogP contribution in [0.25, 0.3) is 10.4 Å². The second-order valence-electron chi connectivity index (χ2n) is 9.33. The van der Waals surface area contributed by atoms with Crippen molar-refractivity contribution in [3.63, 3.8) is 0 Å². The van der Waals surface area contributed by atoms with Gasteiger partial charge in [-0.1, -0.05) is 0 Å². The van der Waals surface area contributed by atoms with Gasteiger partial charge in [-0.15, -0.1) is 11.3 Å². The van der Waals surface area contributed by atoms with Gasteiger partial charge in [0, 0.05) is 36.4 Å². The highest BCUT2D eigenvalue weighted by molar-refractivity contribution is 7.89. The normalized spacial score (nSPS) is 19.1. The maximum absolute atomic E-state index is 13.3. The summed E-state index contributed by atoms with van der Waals surface area (Å²) in [7, 11) is -2.25. The number of hydrogen-bond donors (Lipinski definition) is 2. The summed E-state index contributed by atoms with van der Waals surface area (Å²) in [5.41, 5.74) is 5.06. The highest BCUT2D eigenvalue weighted by Crippen LogP contribution is 2.40. The van der Waals surface area contributed by atoms with Crippen LogP contribution in [0.1, 0.15) is 57.4 Å². The molecule has 3 N–H and O–H groups in total. The lowest BCUT2D eigenvalue weighted by atomic mass is 9.88. The Balaban J connectivity index is 1.87. The predicted molar refractivity (Wildman–Crippen MR) is 131 cm³/mol. The molecule has 1 heterocycles. The molecule has 188 valence electrons. The molecule has 9 nitrogen and oxygen atoms in total. The van der Waals surface area contributed by atoms with Crippen LogP contribution in [-0.2, 0) is 19.5 Å². The van der Waals surface area contributed by atoms with E-state index in [1.165, 1.54) is 11.3 Å². The third-order valence-corrected chi connectivity index (χ3v) is 8.33. The van der Waals surface area contributed by atoms with Crippen LogP contribution in [0.5, 0.6) is 5.75 Å². The first-order valence-corrected chi connectivity index (χ1v) is 13.5. The first-order chi connectivity index (χ1) is 16.0. The van der Waals surface area contributed by atoms with Crippen molar-refractivity contribution in [2.24, 2.45) is 5.73 Å². The molecule has 0 spiro atoms. The van der Waals surface area contributed by atoms with Gasteiger partial charge >= 0.3 is 6.09 Å². The van der Waals surface area contributed by atoms with Crippen molar-refractivity contribution >= 4 is 27.5 Å². The van der Waals surface area contributed by atoms with E-state index < -0.39 is 21.7 Å². The van der Waals surface area contributed by atoms with E-state index >= 15 is 0 Å². The van der Waals surface area contributed by atoms with Crippen LogP contribution < -0.4 is 15.2 Å². The fraction of sp³-hybridized carbons (Fsp3) is 0.565. The number of carbonyl (C=O) groups is 1. The number of nitrogens with zero attached hydrogens (tertiary/aromatic N) is 1. The Morgan fingerprint density at radius 1 is 1.21 bits per heavy atom. The average molecular weight is 512 g/mol. The molecule has 0 unspecified atom stereocenters. The van der Waals surface area contributed by atoms with Gasteiger partial charge in [0.2, 0.25) is 10.0 Å². The minimum absolute atomic E-state index is 0.145. The summed E-state index contributed by atoms with van der Waals surface area (Å²) in [5, 5.41) is 0.945. The van der Waals surface area contributed by atoms with Crippen molar-refractivity contribution in [2.45, 2.75) is 68.9 Å². The molecule has 0 aliphatic heterocycles. The molecule has 1 fully saturated rings. The van der Waals surface area contributed by atoms with Crippen molar-refractivity contribution in [3.05, 3.63) is 29.4 Å². The van der Waals surface area contributed by atoms with Gasteiger partial charge in [0.05, 0.1) is 21.4 Å². The van der Waals surface area contributed by atoms with E-state index in [1.54, 1.807) is 52.3 Å². The fourth-order valence-electron chi connectivity index (χ4n) is 3.91. The number of carbonyl (C=O) groups excluding carboxylic acids is 1. The topological polar surface area (TPSA) is 130 Å². The quantitative estimate of drug-likeness (QED) is 0.486. The number of rotatable bonds is 9. The Labute approximate surface area is 205 Å². The highest BCUT2D eigenvalue weighted by Gasteiger charge is 2.29.